The number of aromatic nitrogens is 4. The van der Waals surface area contributed by atoms with Crippen LogP contribution in [0.1, 0.15) is 36.2 Å². The molecule has 0 unspecified atom stereocenters. The van der Waals surface area contributed by atoms with Gasteiger partial charge in [0.2, 0.25) is 0 Å². The average molecular weight is 387 g/mol. The number of benzene rings is 1. The Bertz CT molecular complexity index is 1210. The molecule has 4 rings (SSSR count). The second-order valence-electron chi connectivity index (χ2n) is 6.77. The molecule has 8 nitrogen and oxygen atoms in total. The molecule has 0 aliphatic heterocycles. The highest BCUT2D eigenvalue weighted by Crippen LogP contribution is 2.28. The van der Waals surface area contributed by atoms with Crippen LogP contribution in [0.5, 0.6) is 0 Å². The molecule has 8 heteroatoms. The second kappa shape index (κ2) is 7.67. The fraction of sp³-hybridized carbons (Fsp3) is 0.190. The van der Waals surface area contributed by atoms with Crippen molar-refractivity contribution in [3.63, 3.8) is 0 Å². The molecule has 146 valence electrons. The van der Waals surface area contributed by atoms with Crippen LogP contribution in [0.25, 0.3) is 22.2 Å². The van der Waals surface area contributed by atoms with E-state index >= 15 is 0 Å². The van der Waals surface area contributed by atoms with Crippen LogP contribution >= 0.6 is 0 Å². The number of fused-ring (bicyclic) bond motifs is 2. The topological polar surface area (TPSA) is 111 Å². The third-order valence-electron chi connectivity index (χ3n) is 4.70. The van der Waals surface area contributed by atoms with E-state index in [1.54, 1.807) is 18.6 Å². The van der Waals surface area contributed by atoms with Crippen LogP contribution in [-0.2, 0) is 0 Å². The van der Waals surface area contributed by atoms with Crippen molar-refractivity contribution in [3.05, 3.63) is 59.9 Å². The molecule has 0 aliphatic carbocycles. The van der Waals surface area contributed by atoms with E-state index in [4.69, 9.17) is 5.73 Å². The Hall–Kier alpha value is -3.81. The van der Waals surface area contributed by atoms with Crippen molar-refractivity contribution in [1.82, 2.24) is 24.9 Å². The molecule has 0 radical (unpaired) electrons. The smallest absolute Gasteiger partial charge is 0.257 e. The molecular formula is C21H21N7O. The van der Waals surface area contributed by atoms with Gasteiger partial charge in [-0.3, -0.25) is 9.78 Å². The maximum atomic E-state index is 12.9. The fourth-order valence-electron chi connectivity index (χ4n) is 2.96. The van der Waals surface area contributed by atoms with Crippen molar-refractivity contribution in [2.24, 2.45) is 5.10 Å². The van der Waals surface area contributed by atoms with Gasteiger partial charge in [-0.15, -0.1) is 0 Å². The molecule has 0 bridgehead atoms. The summed E-state index contributed by atoms with van der Waals surface area (Å²) in [6, 6.07) is 11.2. The van der Waals surface area contributed by atoms with Gasteiger partial charge in [-0.2, -0.15) is 9.78 Å². The van der Waals surface area contributed by atoms with Gasteiger partial charge < -0.3 is 11.1 Å². The van der Waals surface area contributed by atoms with Crippen molar-refractivity contribution < 1.29 is 4.79 Å². The van der Waals surface area contributed by atoms with Crippen LogP contribution in [0.2, 0.25) is 0 Å². The third kappa shape index (κ3) is 3.52. The zero-order valence-electron chi connectivity index (χ0n) is 16.2. The molecule has 0 fully saturated rings. The minimum absolute atomic E-state index is 0.00705. The molecule has 1 atom stereocenters. The summed E-state index contributed by atoms with van der Waals surface area (Å²) in [5.41, 5.74) is 9.67. The lowest BCUT2D eigenvalue weighted by atomic mass is 10.2. The lowest BCUT2D eigenvalue weighted by Crippen LogP contribution is -2.32. The second-order valence-corrected chi connectivity index (χ2v) is 6.77. The van der Waals surface area contributed by atoms with Crippen molar-refractivity contribution in [2.45, 2.75) is 26.3 Å². The van der Waals surface area contributed by atoms with Crippen molar-refractivity contribution >= 4 is 40.1 Å². The van der Waals surface area contributed by atoms with Gasteiger partial charge in [-0.25, -0.2) is 9.97 Å². The first-order chi connectivity index (χ1) is 14.1. The number of rotatable bonds is 5. The molecule has 3 heterocycles. The van der Waals surface area contributed by atoms with Gasteiger partial charge in [0.05, 0.1) is 17.2 Å². The third-order valence-corrected chi connectivity index (χ3v) is 4.70. The minimum Gasteiger partial charge on any atom is -0.383 e. The quantitative estimate of drug-likeness (QED) is 0.512. The van der Waals surface area contributed by atoms with Gasteiger partial charge >= 0.3 is 0 Å². The van der Waals surface area contributed by atoms with Gasteiger partial charge in [0.1, 0.15) is 16.9 Å². The van der Waals surface area contributed by atoms with E-state index in [0.29, 0.717) is 22.2 Å². The Morgan fingerprint density at radius 3 is 2.69 bits per heavy atom. The predicted molar refractivity (Wildman–Crippen MR) is 114 cm³/mol. The largest absolute Gasteiger partial charge is 0.383 e. The molecule has 0 saturated carbocycles. The van der Waals surface area contributed by atoms with E-state index in [-0.39, 0.29) is 23.3 Å². The summed E-state index contributed by atoms with van der Waals surface area (Å²) in [6.07, 6.45) is 5.79. The normalized spacial score (nSPS) is 12.6. The van der Waals surface area contributed by atoms with E-state index in [2.05, 4.69) is 25.4 Å². The minimum atomic E-state index is -0.290. The Balaban J connectivity index is 1.92. The van der Waals surface area contributed by atoms with Crippen molar-refractivity contribution in [3.8, 4) is 0 Å². The molecule has 0 spiro atoms. The molecular weight excluding hydrogens is 366 g/mol. The van der Waals surface area contributed by atoms with E-state index in [1.807, 2.05) is 50.2 Å². The fourth-order valence-corrected chi connectivity index (χ4v) is 2.96. The van der Waals surface area contributed by atoms with Crippen LogP contribution < -0.4 is 11.1 Å². The zero-order chi connectivity index (χ0) is 20.4. The highest BCUT2D eigenvalue weighted by Gasteiger charge is 2.24. The number of amides is 1. The summed E-state index contributed by atoms with van der Waals surface area (Å²) < 4.78 is 1.45. The van der Waals surface area contributed by atoms with Crippen LogP contribution in [0, 0.1) is 0 Å². The predicted octanol–water partition coefficient (Wildman–Crippen LogP) is 2.97. The molecule has 1 amide bonds. The standard InChI is InChI=1S/C21H21N7O/c1-3-13(2)25-21(29)17-18-20(27-16-9-5-4-8-15(16)26-18)28(19(17)22)24-12-14-7-6-10-23-11-14/h4-13H,3,22H2,1-2H3,(H,25,29)/t13-/m1/s1. The van der Waals surface area contributed by atoms with Crippen LogP contribution in [0.15, 0.2) is 53.9 Å². The number of nitrogen functional groups attached to an aromatic ring is 1. The van der Waals surface area contributed by atoms with Gasteiger partial charge in [0.15, 0.2) is 5.65 Å². The number of nitrogens with one attached hydrogen (secondary N) is 1. The van der Waals surface area contributed by atoms with Crippen LogP contribution in [0.4, 0.5) is 5.82 Å². The Morgan fingerprint density at radius 1 is 1.24 bits per heavy atom. The van der Waals surface area contributed by atoms with Gasteiger partial charge in [-0.1, -0.05) is 25.1 Å². The zero-order valence-corrected chi connectivity index (χ0v) is 16.2. The molecule has 1 aromatic carbocycles. The number of hydrogen-bond acceptors (Lipinski definition) is 6. The molecule has 0 aliphatic rings. The molecule has 3 aromatic heterocycles. The molecule has 0 saturated heterocycles. The van der Waals surface area contributed by atoms with Crippen molar-refractivity contribution in [2.75, 3.05) is 5.73 Å². The summed E-state index contributed by atoms with van der Waals surface area (Å²) in [7, 11) is 0. The first-order valence-corrected chi connectivity index (χ1v) is 9.40. The maximum Gasteiger partial charge on any atom is 0.257 e. The van der Waals surface area contributed by atoms with Crippen LogP contribution in [0.3, 0.4) is 0 Å². The average Bonchev–Trinajstić information content (AvgIpc) is 3.01. The van der Waals surface area contributed by atoms with Gasteiger partial charge in [0, 0.05) is 24.0 Å². The Morgan fingerprint density at radius 2 is 2.00 bits per heavy atom. The summed E-state index contributed by atoms with van der Waals surface area (Å²) in [4.78, 5) is 26.3. The van der Waals surface area contributed by atoms with E-state index in [1.165, 1.54) is 4.68 Å². The first kappa shape index (κ1) is 18.5. The van der Waals surface area contributed by atoms with Crippen LogP contribution in [-0.4, -0.2) is 37.8 Å². The monoisotopic (exact) mass is 387 g/mol. The van der Waals surface area contributed by atoms with E-state index in [0.717, 1.165) is 12.0 Å². The highest BCUT2D eigenvalue weighted by molar-refractivity contribution is 6.10. The van der Waals surface area contributed by atoms with Gasteiger partial charge in [0.25, 0.3) is 5.91 Å². The summed E-state index contributed by atoms with van der Waals surface area (Å²) in [5.74, 6) is -0.0991. The number of nitrogens with zero attached hydrogens (tertiary/aromatic N) is 5. The Kier molecular flexibility index (Phi) is 4.90. The Labute approximate surface area is 167 Å². The molecule has 3 N–H and O–H groups in total. The van der Waals surface area contributed by atoms with E-state index in [9.17, 15) is 4.79 Å². The van der Waals surface area contributed by atoms with E-state index < -0.39 is 0 Å². The van der Waals surface area contributed by atoms with Crippen molar-refractivity contribution in [1.29, 1.82) is 0 Å². The number of para-hydroxylation sites is 2. The first-order valence-electron chi connectivity index (χ1n) is 9.40. The summed E-state index contributed by atoms with van der Waals surface area (Å²) >= 11 is 0. The highest BCUT2D eigenvalue weighted by atomic mass is 16.1. The number of hydrogen-bond donors (Lipinski definition) is 2. The SMILES string of the molecule is CC[C@@H](C)NC(=O)c1c(N)n(N=Cc2cccnc2)c2nc3ccccc3nc12. The maximum absolute atomic E-state index is 12.9. The molecule has 29 heavy (non-hydrogen) atoms. The lowest BCUT2D eigenvalue weighted by Gasteiger charge is -2.11. The number of nitrogens with two attached hydrogens (primary N) is 1. The number of carbonyl (C=O) groups excluding carboxylic acids is 1. The summed E-state index contributed by atoms with van der Waals surface area (Å²) in [5, 5.41) is 7.41. The number of anilines is 1. The lowest BCUT2D eigenvalue weighted by molar-refractivity contribution is 0.0941. The number of pyridine rings is 1. The summed E-state index contributed by atoms with van der Waals surface area (Å²) in [6.45, 7) is 3.94. The molecule has 4 aromatic rings. The van der Waals surface area contributed by atoms with Gasteiger partial charge in [-0.05, 0) is 31.5 Å². The number of carbonyl (C=O) groups is 1.